The van der Waals surface area contributed by atoms with Crippen molar-refractivity contribution in [3.8, 4) is 0 Å². The molecule has 0 amide bonds. The summed E-state index contributed by atoms with van der Waals surface area (Å²) in [6.45, 7) is 0. The molecule has 0 bridgehead atoms. The second-order valence-corrected chi connectivity index (χ2v) is 4.69. The lowest BCUT2D eigenvalue weighted by Gasteiger charge is -2.22. The zero-order valence-corrected chi connectivity index (χ0v) is 10.5. The van der Waals surface area contributed by atoms with Gasteiger partial charge >= 0.3 is 5.97 Å². The number of carbonyl (C=O) groups excluding carboxylic acids is 1. The highest BCUT2D eigenvalue weighted by atomic mass is 16.5. The van der Waals surface area contributed by atoms with Crippen LogP contribution in [0.25, 0.3) is 0 Å². The van der Waals surface area contributed by atoms with Crippen LogP contribution in [-0.2, 0) is 4.74 Å². The maximum atomic E-state index is 11.4. The van der Waals surface area contributed by atoms with E-state index in [2.05, 4.69) is 9.91 Å². The molecule has 0 aliphatic heterocycles. The van der Waals surface area contributed by atoms with Gasteiger partial charge in [0.15, 0.2) is 0 Å². The van der Waals surface area contributed by atoms with Crippen molar-refractivity contribution < 1.29 is 9.53 Å². The average Bonchev–Trinajstić information content (AvgIpc) is 2.46. The van der Waals surface area contributed by atoms with Crippen molar-refractivity contribution in [2.45, 2.75) is 38.0 Å². The Hall–Kier alpha value is -1.71. The third-order valence-corrected chi connectivity index (χ3v) is 3.59. The number of benzene rings is 1. The molecule has 0 spiro atoms. The standard InChI is InChI=1S/C14H17NO3/c1-18-14(16)11-7-8-12(13(9-11)15-17)10-5-3-2-4-6-10/h7-10H,2-6H2,1H3. The molecule has 0 aromatic heterocycles. The van der Waals surface area contributed by atoms with Crippen molar-refractivity contribution in [3.05, 3.63) is 34.2 Å². The van der Waals surface area contributed by atoms with Crippen molar-refractivity contribution in [1.29, 1.82) is 0 Å². The number of ether oxygens (including phenoxy) is 1. The zero-order chi connectivity index (χ0) is 13.0. The summed E-state index contributed by atoms with van der Waals surface area (Å²) < 4.78 is 4.64. The third-order valence-electron chi connectivity index (χ3n) is 3.59. The van der Waals surface area contributed by atoms with E-state index in [1.54, 1.807) is 6.07 Å². The van der Waals surface area contributed by atoms with Crippen LogP contribution < -0.4 is 0 Å². The van der Waals surface area contributed by atoms with E-state index in [-0.39, 0.29) is 0 Å². The van der Waals surface area contributed by atoms with Crippen LogP contribution in [0.5, 0.6) is 0 Å². The Balaban J connectivity index is 2.30. The number of carbonyl (C=O) groups is 1. The van der Waals surface area contributed by atoms with Crippen molar-refractivity contribution in [1.82, 2.24) is 0 Å². The fraction of sp³-hybridized carbons (Fsp3) is 0.500. The Morgan fingerprint density at radius 3 is 2.61 bits per heavy atom. The largest absolute Gasteiger partial charge is 0.465 e. The second-order valence-electron chi connectivity index (χ2n) is 4.69. The molecule has 1 fully saturated rings. The topological polar surface area (TPSA) is 55.7 Å². The number of hydrogen-bond acceptors (Lipinski definition) is 4. The molecule has 0 N–H and O–H groups in total. The minimum atomic E-state index is -0.435. The lowest BCUT2D eigenvalue weighted by atomic mass is 9.83. The molecule has 0 heterocycles. The number of nitroso groups, excluding NO2 is 1. The molecule has 4 nitrogen and oxygen atoms in total. The van der Waals surface area contributed by atoms with Crippen LogP contribution >= 0.6 is 0 Å². The van der Waals surface area contributed by atoms with E-state index in [0.717, 1.165) is 18.4 Å². The van der Waals surface area contributed by atoms with Crippen molar-refractivity contribution >= 4 is 11.7 Å². The fourth-order valence-corrected chi connectivity index (χ4v) is 2.63. The van der Waals surface area contributed by atoms with E-state index < -0.39 is 5.97 Å². The SMILES string of the molecule is COC(=O)c1ccc(C2CCCCC2)c(N=O)c1. The summed E-state index contributed by atoms with van der Waals surface area (Å²) in [5, 5.41) is 3.07. The van der Waals surface area contributed by atoms with Gasteiger partial charge in [-0.25, -0.2) is 4.79 Å². The number of methoxy groups -OCH3 is 1. The number of hydrogen-bond donors (Lipinski definition) is 0. The van der Waals surface area contributed by atoms with Crippen LogP contribution in [0.15, 0.2) is 23.4 Å². The molecular formula is C14H17NO3. The summed E-state index contributed by atoms with van der Waals surface area (Å²) >= 11 is 0. The summed E-state index contributed by atoms with van der Waals surface area (Å²) in [5.41, 5.74) is 1.73. The van der Waals surface area contributed by atoms with Gasteiger partial charge in [0.1, 0.15) is 5.69 Å². The number of nitrogens with zero attached hydrogens (tertiary/aromatic N) is 1. The molecule has 1 aromatic carbocycles. The van der Waals surface area contributed by atoms with E-state index in [4.69, 9.17) is 0 Å². The number of esters is 1. The molecular weight excluding hydrogens is 230 g/mol. The fourth-order valence-electron chi connectivity index (χ4n) is 2.63. The predicted octanol–water partition coefficient (Wildman–Crippen LogP) is 3.92. The van der Waals surface area contributed by atoms with Crippen LogP contribution in [-0.4, -0.2) is 13.1 Å². The molecule has 0 unspecified atom stereocenters. The Labute approximate surface area is 106 Å². The summed E-state index contributed by atoms with van der Waals surface area (Å²) in [6, 6.07) is 5.09. The summed E-state index contributed by atoms with van der Waals surface area (Å²) in [5.74, 6) is -0.0340. The molecule has 0 radical (unpaired) electrons. The van der Waals surface area contributed by atoms with E-state index in [1.807, 2.05) is 6.07 Å². The number of rotatable bonds is 3. The molecule has 1 aromatic rings. The Morgan fingerprint density at radius 1 is 1.28 bits per heavy atom. The van der Waals surface area contributed by atoms with Crippen molar-refractivity contribution in [3.63, 3.8) is 0 Å². The molecule has 18 heavy (non-hydrogen) atoms. The average molecular weight is 247 g/mol. The highest BCUT2D eigenvalue weighted by molar-refractivity contribution is 5.90. The van der Waals surface area contributed by atoms with Crippen LogP contribution in [0.4, 0.5) is 5.69 Å². The van der Waals surface area contributed by atoms with E-state index in [9.17, 15) is 9.70 Å². The first-order valence-corrected chi connectivity index (χ1v) is 6.32. The molecule has 1 aliphatic carbocycles. The molecule has 1 saturated carbocycles. The van der Waals surface area contributed by atoms with E-state index in [1.165, 1.54) is 32.4 Å². The molecule has 0 saturated heterocycles. The Morgan fingerprint density at radius 2 is 2.00 bits per heavy atom. The first-order chi connectivity index (χ1) is 8.76. The van der Waals surface area contributed by atoms with Gasteiger partial charge < -0.3 is 4.74 Å². The lowest BCUT2D eigenvalue weighted by molar-refractivity contribution is 0.0600. The van der Waals surface area contributed by atoms with Gasteiger partial charge in [0.25, 0.3) is 0 Å². The van der Waals surface area contributed by atoms with Gasteiger partial charge in [0.05, 0.1) is 12.7 Å². The van der Waals surface area contributed by atoms with Gasteiger partial charge in [-0.3, -0.25) is 0 Å². The highest BCUT2D eigenvalue weighted by Gasteiger charge is 2.20. The first-order valence-electron chi connectivity index (χ1n) is 6.32. The summed E-state index contributed by atoms with van der Waals surface area (Å²) in [4.78, 5) is 22.3. The van der Waals surface area contributed by atoms with Crippen molar-refractivity contribution in [2.24, 2.45) is 5.18 Å². The molecule has 2 rings (SSSR count). The van der Waals surface area contributed by atoms with Crippen LogP contribution in [0.2, 0.25) is 0 Å². The van der Waals surface area contributed by atoms with Gasteiger partial charge in [-0.1, -0.05) is 25.3 Å². The first kappa shape index (κ1) is 12.7. The quantitative estimate of drug-likeness (QED) is 0.601. The van der Waals surface area contributed by atoms with E-state index >= 15 is 0 Å². The summed E-state index contributed by atoms with van der Waals surface area (Å²) in [6.07, 6.45) is 5.85. The van der Waals surface area contributed by atoms with Gasteiger partial charge in [-0.2, -0.15) is 0 Å². The van der Waals surface area contributed by atoms with E-state index in [0.29, 0.717) is 17.2 Å². The predicted molar refractivity (Wildman–Crippen MR) is 69.1 cm³/mol. The normalized spacial score (nSPS) is 16.3. The minimum absolute atomic E-state index is 0.379. The van der Waals surface area contributed by atoms with Gasteiger partial charge in [-0.05, 0) is 41.6 Å². The third kappa shape index (κ3) is 2.58. The van der Waals surface area contributed by atoms with Gasteiger partial charge in [0.2, 0.25) is 0 Å². The van der Waals surface area contributed by atoms with Gasteiger partial charge in [-0.15, -0.1) is 4.91 Å². The summed E-state index contributed by atoms with van der Waals surface area (Å²) in [7, 11) is 1.32. The van der Waals surface area contributed by atoms with Crippen LogP contribution in [0, 0.1) is 4.91 Å². The minimum Gasteiger partial charge on any atom is -0.465 e. The highest BCUT2D eigenvalue weighted by Crippen LogP contribution is 2.37. The molecule has 4 heteroatoms. The smallest absolute Gasteiger partial charge is 0.337 e. The van der Waals surface area contributed by atoms with Gasteiger partial charge in [0, 0.05) is 0 Å². The lowest BCUT2D eigenvalue weighted by Crippen LogP contribution is -2.06. The monoisotopic (exact) mass is 247 g/mol. The zero-order valence-electron chi connectivity index (χ0n) is 10.5. The second kappa shape index (κ2) is 5.76. The maximum absolute atomic E-state index is 11.4. The Bertz CT molecular complexity index is 450. The molecule has 0 atom stereocenters. The van der Waals surface area contributed by atoms with Crippen molar-refractivity contribution in [2.75, 3.05) is 7.11 Å². The Kier molecular flexibility index (Phi) is 4.07. The molecule has 96 valence electrons. The molecule has 1 aliphatic rings. The van der Waals surface area contributed by atoms with Crippen LogP contribution in [0.3, 0.4) is 0 Å². The maximum Gasteiger partial charge on any atom is 0.337 e. The van der Waals surface area contributed by atoms with Crippen LogP contribution in [0.1, 0.15) is 53.9 Å².